The van der Waals surface area contributed by atoms with Crippen LogP contribution in [0.4, 0.5) is 0 Å². The van der Waals surface area contributed by atoms with Crippen molar-refractivity contribution >= 4 is 109 Å². The highest BCUT2D eigenvalue weighted by Gasteiger charge is 2.24. The maximum atomic E-state index is 6.68. The van der Waals surface area contributed by atoms with E-state index in [4.69, 9.17) is 14.4 Å². The molecular formula is C82H50N6O. The minimum atomic E-state index is 0.608. The lowest BCUT2D eigenvalue weighted by molar-refractivity contribution is 0.669. The van der Waals surface area contributed by atoms with Gasteiger partial charge in [0.1, 0.15) is 11.2 Å². The molecule has 0 saturated heterocycles. The Hall–Kier alpha value is -12.1. The van der Waals surface area contributed by atoms with Gasteiger partial charge in [-0.15, -0.1) is 0 Å². The van der Waals surface area contributed by atoms with Gasteiger partial charge in [0.15, 0.2) is 0 Å². The summed E-state index contributed by atoms with van der Waals surface area (Å²) in [7, 11) is 0. The number of para-hydroxylation sites is 5. The third-order valence-electron chi connectivity index (χ3n) is 18.3. The molecule has 0 aliphatic rings. The molecule has 7 heteroatoms. The first-order chi connectivity index (χ1) is 44.1. The summed E-state index contributed by atoms with van der Waals surface area (Å²) >= 11 is 0. The second-order valence-corrected chi connectivity index (χ2v) is 23.3. The summed E-state index contributed by atoms with van der Waals surface area (Å²) in [6.07, 6.45) is 0. The van der Waals surface area contributed by atoms with Crippen molar-refractivity contribution in [2.24, 2.45) is 0 Å². The van der Waals surface area contributed by atoms with Crippen molar-refractivity contribution in [1.82, 2.24) is 28.2 Å². The van der Waals surface area contributed by atoms with E-state index in [0.717, 1.165) is 128 Å². The number of hydrogen-bond donors (Lipinski definition) is 0. The van der Waals surface area contributed by atoms with E-state index in [1.165, 1.54) is 43.5 Å². The van der Waals surface area contributed by atoms with E-state index in [-0.39, 0.29) is 0 Å². The van der Waals surface area contributed by atoms with Crippen LogP contribution in [0.2, 0.25) is 0 Å². The van der Waals surface area contributed by atoms with Crippen molar-refractivity contribution in [2.45, 2.75) is 0 Å². The minimum absolute atomic E-state index is 0.608. The van der Waals surface area contributed by atoms with Gasteiger partial charge < -0.3 is 18.1 Å². The Morgan fingerprint density at radius 1 is 0.202 bits per heavy atom. The second-order valence-electron chi connectivity index (χ2n) is 23.3. The standard InChI is InChI=1S/C82H50N6O/c1-6-20-51(21-7-1)70-50-71(52-22-8-2-9-23-52)84-82(83-70)88-75-39-35-54(43-63(75)67-49-77-65(47-79(67)88)61-31-17-19-33-73(61)86(77)58-26-12-4-13-27-58)56-37-41-81-69(45-56)68-44-55(36-40-80(68)89-81)53-34-38-74-62(42-53)66-48-76-64(46-78(66)87(74)59-28-14-5-15-29-59)60-30-16-18-32-72(60)85(76)57-24-10-3-11-25-57/h1-50H. The van der Waals surface area contributed by atoms with Crippen molar-refractivity contribution in [3.63, 3.8) is 0 Å². The quantitative estimate of drug-likeness (QED) is 0.152. The third-order valence-corrected chi connectivity index (χ3v) is 18.3. The smallest absolute Gasteiger partial charge is 0.235 e. The lowest BCUT2D eigenvalue weighted by Crippen LogP contribution is -2.04. The van der Waals surface area contributed by atoms with Gasteiger partial charge >= 0.3 is 0 Å². The van der Waals surface area contributed by atoms with Crippen molar-refractivity contribution in [2.75, 3.05) is 0 Å². The van der Waals surface area contributed by atoms with Gasteiger partial charge in [-0.3, -0.25) is 4.57 Å². The third kappa shape index (κ3) is 7.59. The SMILES string of the molecule is c1ccc(-c2cc(-c3ccccc3)nc(-n3c4ccc(-c5ccc6oc7ccc(-c8ccc9c(c8)c8cc%10c(cc8n9-c8ccccc8)c8ccccc8n%10-c8ccccc8)cc7c6c5)cc4c4cc5c(cc43)c3ccccc3n5-c3ccccc3)n2)cc1. The fourth-order valence-electron chi connectivity index (χ4n) is 14.3. The summed E-state index contributed by atoms with van der Waals surface area (Å²) < 4.78 is 16.2. The molecule has 6 aromatic heterocycles. The molecule has 0 aliphatic carbocycles. The first-order valence-corrected chi connectivity index (χ1v) is 30.3. The number of fused-ring (bicyclic) bond motifs is 15. The zero-order chi connectivity index (χ0) is 58.3. The van der Waals surface area contributed by atoms with Crippen molar-refractivity contribution < 1.29 is 4.42 Å². The van der Waals surface area contributed by atoms with E-state index >= 15 is 0 Å². The molecule has 0 bridgehead atoms. The van der Waals surface area contributed by atoms with Crippen LogP contribution in [0.15, 0.2) is 308 Å². The Labute approximate surface area is 510 Å². The van der Waals surface area contributed by atoms with Crippen LogP contribution in [0, 0.1) is 0 Å². The Morgan fingerprint density at radius 3 is 0.921 bits per heavy atom. The van der Waals surface area contributed by atoms with Crippen LogP contribution in [-0.2, 0) is 0 Å². The zero-order valence-electron chi connectivity index (χ0n) is 48.0. The number of furan rings is 1. The van der Waals surface area contributed by atoms with E-state index in [1.807, 2.05) is 12.1 Å². The first-order valence-electron chi connectivity index (χ1n) is 30.3. The predicted octanol–water partition coefficient (Wildman–Crippen LogP) is 21.4. The first kappa shape index (κ1) is 49.2. The monoisotopic (exact) mass is 1130 g/mol. The molecule has 0 radical (unpaired) electrons. The van der Waals surface area contributed by atoms with Gasteiger partial charge in [-0.25, -0.2) is 9.97 Å². The van der Waals surface area contributed by atoms with Crippen molar-refractivity contribution in [3.8, 4) is 67.8 Å². The number of nitrogens with zero attached hydrogens (tertiary/aromatic N) is 6. The predicted molar refractivity (Wildman–Crippen MR) is 368 cm³/mol. The molecule has 0 amide bonds. The van der Waals surface area contributed by atoms with Crippen LogP contribution in [0.1, 0.15) is 0 Å². The number of aromatic nitrogens is 6. The largest absolute Gasteiger partial charge is 0.456 e. The van der Waals surface area contributed by atoms with Gasteiger partial charge in [-0.2, -0.15) is 0 Å². The van der Waals surface area contributed by atoms with Crippen LogP contribution in [-0.4, -0.2) is 28.2 Å². The van der Waals surface area contributed by atoms with Crippen molar-refractivity contribution in [1.29, 1.82) is 0 Å². The zero-order valence-corrected chi connectivity index (χ0v) is 48.0. The van der Waals surface area contributed by atoms with Crippen molar-refractivity contribution in [3.05, 3.63) is 303 Å². The maximum Gasteiger partial charge on any atom is 0.235 e. The molecule has 0 spiro atoms. The highest BCUT2D eigenvalue weighted by Crippen LogP contribution is 2.45. The topological polar surface area (TPSA) is 58.6 Å². The molecule has 414 valence electrons. The lowest BCUT2D eigenvalue weighted by atomic mass is 9.98. The Balaban J connectivity index is 0.793. The highest BCUT2D eigenvalue weighted by molar-refractivity contribution is 6.21. The fourth-order valence-corrected chi connectivity index (χ4v) is 14.3. The van der Waals surface area contributed by atoms with Gasteiger partial charge in [0, 0.05) is 82.1 Å². The van der Waals surface area contributed by atoms with Crippen LogP contribution < -0.4 is 0 Å². The Bertz CT molecular complexity index is 6020. The molecule has 6 heterocycles. The summed E-state index contributed by atoms with van der Waals surface area (Å²) in [6, 6.07) is 109. The Kier molecular flexibility index (Phi) is 10.6. The van der Waals surface area contributed by atoms with Gasteiger partial charge in [-0.1, -0.05) is 176 Å². The molecule has 0 fully saturated rings. The van der Waals surface area contributed by atoms with Crippen LogP contribution in [0.5, 0.6) is 0 Å². The van der Waals surface area contributed by atoms with E-state index in [1.54, 1.807) is 0 Å². The van der Waals surface area contributed by atoms with Crippen LogP contribution in [0.25, 0.3) is 177 Å². The molecule has 89 heavy (non-hydrogen) atoms. The molecule has 19 rings (SSSR count). The summed E-state index contributed by atoms with van der Waals surface area (Å²) in [4.78, 5) is 10.9. The average Bonchev–Trinajstić information content (AvgIpc) is 1.64. The van der Waals surface area contributed by atoms with Gasteiger partial charge in [0.25, 0.3) is 0 Å². The second kappa shape index (κ2) is 19.2. The summed E-state index contributed by atoms with van der Waals surface area (Å²) in [5, 5.41) is 11.5. The van der Waals surface area contributed by atoms with Crippen LogP contribution in [0.3, 0.4) is 0 Å². The molecule has 13 aromatic carbocycles. The van der Waals surface area contributed by atoms with Gasteiger partial charge in [-0.05, 0) is 150 Å². The molecular weight excluding hydrogens is 1080 g/mol. The molecule has 0 N–H and O–H groups in total. The molecule has 0 atom stereocenters. The number of hydrogen-bond acceptors (Lipinski definition) is 3. The number of rotatable bonds is 8. The maximum absolute atomic E-state index is 6.68. The average molecular weight is 1140 g/mol. The number of benzene rings is 13. The Morgan fingerprint density at radius 2 is 0.506 bits per heavy atom. The molecule has 7 nitrogen and oxygen atoms in total. The lowest BCUT2D eigenvalue weighted by Gasteiger charge is -2.12. The fraction of sp³-hybridized carbons (Fsp3) is 0. The van der Waals surface area contributed by atoms with Gasteiger partial charge in [0.05, 0.1) is 55.5 Å². The van der Waals surface area contributed by atoms with E-state index in [0.29, 0.717) is 5.95 Å². The molecule has 0 saturated carbocycles. The van der Waals surface area contributed by atoms with E-state index in [9.17, 15) is 0 Å². The summed E-state index contributed by atoms with van der Waals surface area (Å²) in [6.45, 7) is 0. The molecule has 0 unspecified atom stereocenters. The highest BCUT2D eigenvalue weighted by atomic mass is 16.3. The molecule has 19 aromatic rings. The van der Waals surface area contributed by atoms with E-state index < -0.39 is 0 Å². The summed E-state index contributed by atoms with van der Waals surface area (Å²) in [5.74, 6) is 0.608. The summed E-state index contributed by atoms with van der Waals surface area (Å²) in [5.41, 5.74) is 22.3. The van der Waals surface area contributed by atoms with Gasteiger partial charge in [0.2, 0.25) is 5.95 Å². The van der Waals surface area contributed by atoms with Crippen LogP contribution >= 0.6 is 0 Å². The normalized spacial score (nSPS) is 12.0. The minimum Gasteiger partial charge on any atom is -0.456 e. The van der Waals surface area contributed by atoms with E-state index in [2.05, 4.69) is 309 Å². The molecule has 0 aliphatic heterocycles.